The van der Waals surface area contributed by atoms with Gasteiger partial charge in [-0.15, -0.1) is 0 Å². The molecule has 0 aliphatic rings. The molecule has 0 amide bonds. The van der Waals surface area contributed by atoms with Crippen LogP contribution in [0.2, 0.25) is 0 Å². The lowest BCUT2D eigenvalue weighted by Crippen LogP contribution is -2.06. The first-order valence-electron chi connectivity index (χ1n) is 13.1. The normalized spacial score (nSPS) is 12.2. The van der Waals surface area contributed by atoms with Crippen LogP contribution in [-0.2, 0) is 9.53 Å². The molecule has 1 unspecified atom stereocenters. The van der Waals surface area contributed by atoms with E-state index in [1.165, 1.54) is 96.3 Å². The highest BCUT2D eigenvalue weighted by molar-refractivity contribution is 7.81. The Balaban J connectivity index is 3.16. The van der Waals surface area contributed by atoms with Gasteiger partial charge in [0.25, 0.3) is 0 Å². The zero-order valence-corrected chi connectivity index (χ0v) is 21.8. The Morgan fingerprint density at radius 2 is 1.13 bits per heavy atom. The second-order valence-electron chi connectivity index (χ2n) is 8.94. The molecule has 0 saturated carbocycles. The molecule has 0 saturated heterocycles. The summed E-state index contributed by atoms with van der Waals surface area (Å²) >= 11 is 8.74. The molecule has 0 fully saturated rings. The number of thiol groups is 2. The fraction of sp³-hybridized carbons (Fsp3) is 0.962. The summed E-state index contributed by atoms with van der Waals surface area (Å²) < 4.78 is 5.35. The van der Waals surface area contributed by atoms with Crippen molar-refractivity contribution in [1.82, 2.24) is 0 Å². The van der Waals surface area contributed by atoms with Crippen molar-refractivity contribution in [1.29, 1.82) is 0 Å². The first kappa shape index (κ1) is 30.2. The third-order valence-corrected chi connectivity index (χ3v) is 6.67. The highest BCUT2D eigenvalue weighted by atomic mass is 32.1. The van der Waals surface area contributed by atoms with Crippen molar-refractivity contribution in [2.24, 2.45) is 0 Å². The van der Waals surface area contributed by atoms with Gasteiger partial charge in [-0.05, 0) is 31.4 Å². The summed E-state index contributed by atoms with van der Waals surface area (Å²) in [6, 6.07) is 0. The van der Waals surface area contributed by atoms with Crippen molar-refractivity contribution < 1.29 is 9.53 Å². The lowest BCUT2D eigenvalue weighted by Gasteiger charge is -2.08. The molecule has 0 aromatic carbocycles. The highest BCUT2D eigenvalue weighted by Crippen LogP contribution is 2.15. The van der Waals surface area contributed by atoms with E-state index >= 15 is 0 Å². The summed E-state index contributed by atoms with van der Waals surface area (Å²) in [6.07, 6.45) is 26.5. The fourth-order valence-corrected chi connectivity index (χ4v) is 4.68. The van der Waals surface area contributed by atoms with Crippen LogP contribution in [0.15, 0.2) is 0 Å². The molecule has 0 heterocycles. The summed E-state index contributed by atoms with van der Waals surface area (Å²) in [7, 11) is 0. The lowest BCUT2D eigenvalue weighted by atomic mass is 10.0. The van der Waals surface area contributed by atoms with Gasteiger partial charge >= 0.3 is 5.97 Å². The van der Waals surface area contributed by atoms with E-state index in [0.717, 1.165) is 37.9 Å². The average molecular weight is 461 g/mol. The quantitative estimate of drug-likeness (QED) is 0.0853. The van der Waals surface area contributed by atoms with E-state index in [4.69, 9.17) is 4.74 Å². The second-order valence-corrected chi connectivity index (χ2v) is 10.1. The number of hydrogen-bond donors (Lipinski definition) is 2. The number of hydrogen-bond acceptors (Lipinski definition) is 4. The third-order valence-electron chi connectivity index (χ3n) is 5.89. The maximum absolute atomic E-state index is 11.7. The van der Waals surface area contributed by atoms with Gasteiger partial charge in [0.15, 0.2) is 0 Å². The fourth-order valence-electron chi connectivity index (χ4n) is 3.85. The minimum Gasteiger partial charge on any atom is -0.466 e. The van der Waals surface area contributed by atoms with Crippen LogP contribution in [-0.4, -0.2) is 23.6 Å². The molecular formula is C26H52O2S2. The predicted octanol–water partition coefficient (Wildman–Crippen LogP) is 8.97. The van der Waals surface area contributed by atoms with Gasteiger partial charge in [-0.2, -0.15) is 25.3 Å². The van der Waals surface area contributed by atoms with Crippen LogP contribution in [0.3, 0.4) is 0 Å². The molecule has 0 bridgehead atoms. The van der Waals surface area contributed by atoms with Gasteiger partial charge in [-0.1, -0.05) is 110 Å². The number of carbonyl (C=O) groups is 1. The summed E-state index contributed by atoms with van der Waals surface area (Å²) in [5.41, 5.74) is 0. The van der Waals surface area contributed by atoms with E-state index in [0.29, 0.717) is 18.3 Å². The Bertz CT molecular complexity index is 350. The Labute approximate surface area is 199 Å². The van der Waals surface area contributed by atoms with Crippen LogP contribution in [0, 0.1) is 0 Å². The molecule has 0 N–H and O–H groups in total. The zero-order valence-electron chi connectivity index (χ0n) is 20.1. The molecule has 30 heavy (non-hydrogen) atoms. The molecule has 1 atom stereocenters. The first-order chi connectivity index (χ1) is 14.7. The summed E-state index contributed by atoms with van der Waals surface area (Å²) in [6.45, 7) is 2.89. The van der Waals surface area contributed by atoms with Crippen LogP contribution in [0.4, 0.5) is 0 Å². The number of esters is 1. The Morgan fingerprint density at radius 1 is 0.667 bits per heavy atom. The molecular weight excluding hydrogens is 408 g/mol. The van der Waals surface area contributed by atoms with Crippen molar-refractivity contribution >= 4 is 31.2 Å². The lowest BCUT2D eigenvalue weighted by molar-refractivity contribution is -0.143. The van der Waals surface area contributed by atoms with Gasteiger partial charge in [0.05, 0.1) is 6.61 Å². The maximum atomic E-state index is 11.7. The maximum Gasteiger partial charge on any atom is 0.305 e. The first-order valence-corrected chi connectivity index (χ1v) is 14.3. The standard InChI is InChI=1S/C26H52O2S2/c1-2-3-4-5-6-7-8-9-10-11-12-13-14-15-16-19-23-28-26(27)21-18-17-20-25(30)22-24-29/h25,29-30H,2-24H2,1H3. The van der Waals surface area contributed by atoms with E-state index in [-0.39, 0.29) is 5.97 Å². The Morgan fingerprint density at radius 3 is 1.60 bits per heavy atom. The van der Waals surface area contributed by atoms with E-state index in [9.17, 15) is 4.79 Å². The van der Waals surface area contributed by atoms with E-state index in [1.54, 1.807) is 0 Å². The number of ether oxygens (including phenoxy) is 1. The largest absolute Gasteiger partial charge is 0.466 e. The van der Waals surface area contributed by atoms with Crippen molar-refractivity contribution in [3.8, 4) is 0 Å². The number of carbonyl (C=O) groups excluding carboxylic acids is 1. The molecule has 0 aromatic heterocycles. The van der Waals surface area contributed by atoms with E-state index in [1.807, 2.05) is 0 Å². The van der Waals surface area contributed by atoms with Crippen LogP contribution in [0.5, 0.6) is 0 Å². The van der Waals surface area contributed by atoms with Crippen LogP contribution >= 0.6 is 25.3 Å². The Hall–Kier alpha value is 0.170. The van der Waals surface area contributed by atoms with E-state index in [2.05, 4.69) is 32.2 Å². The smallest absolute Gasteiger partial charge is 0.305 e. The summed E-state index contributed by atoms with van der Waals surface area (Å²) in [5, 5.41) is 0.420. The second kappa shape index (κ2) is 25.4. The molecule has 2 nitrogen and oxygen atoms in total. The van der Waals surface area contributed by atoms with Crippen molar-refractivity contribution in [2.75, 3.05) is 12.4 Å². The monoisotopic (exact) mass is 460 g/mol. The van der Waals surface area contributed by atoms with E-state index < -0.39 is 0 Å². The molecule has 0 aliphatic carbocycles. The minimum absolute atomic E-state index is 0.0270. The predicted molar refractivity (Wildman–Crippen MR) is 140 cm³/mol. The van der Waals surface area contributed by atoms with Gasteiger partial charge in [0, 0.05) is 11.7 Å². The van der Waals surface area contributed by atoms with Crippen molar-refractivity contribution in [3.05, 3.63) is 0 Å². The zero-order chi connectivity index (χ0) is 22.1. The SMILES string of the molecule is CCCCCCCCCCCCCCCCCCOC(=O)CCCCC(S)CCS. The van der Waals surface area contributed by atoms with Gasteiger partial charge < -0.3 is 4.74 Å². The van der Waals surface area contributed by atoms with Gasteiger partial charge in [-0.3, -0.25) is 4.79 Å². The molecule has 0 spiro atoms. The molecule has 0 radical (unpaired) electrons. The highest BCUT2D eigenvalue weighted by Gasteiger charge is 2.05. The van der Waals surface area contributed by atoms with Crippen LogP contribution in [0.1, 0.15) is 142 Å². The van der Waals surface area contributed by atoms with Gasteiger partial charge in [0.1, 0.15) is 0 Å². The van der Waals surface area contributed by atoms with Gasteiger partial charge in [-0.25, -0.2) is 0 Å². The number of rotatable bonds is 24. The molecule has 0 aliphatic heterocycles. The summed E-state index contributed by atoms with van der Waals surface area (Å²) in [5.74, 6) is 0.857. The molecule has 0 aromatic rings. The number of unbranched alkanes of at least 4 members (excludes halogenated alkanes) is 16. The topological polar surface area (TPSA) is 26.3 Å². The van der Waals surface area contributed by atoms with Crippen molar-refractivity contribution in [2.45, 2.75) is 147 Å². The summed E-state index contributed by atoms with van der Waals surface area (Å²) in [4.78, 5) is 11.7. The molecule has 4 heteroatoms. The van der Waals surface area contributed by atoms with Crippen LogP contribution < -0.4 is 0 Å². The molecule has 0 rings (SSSR count). The van der Waals surface area contributed by atoms with Crippen LogP contribution in [0.25, 0.3) is 0 Å². The third kappa shape index (κ3) is 24.4. The minimum atomic E-state index is -0.0270. The van der Waals surface area contributed by atoms with Gasteiger partial charge in [0.2, 0.25) is 0 Å². The Kier molecular flexibility index (Phi) is 25.6. The average Bonchev–Trinajstić information content (AvgIpc) is 2.73. The van der Waals surface area contributed by atoms with Crippen molar-refractivity contribution in [3.63, 3.8) is 0 Å². The molecule has 180 valence electrons.